The summed E-state index contributed by atoms with van der Waals surface area (Å²) in [6.45, 7) is -0.312. The maximum atomic E-state index is 11.9. The van der Waals surface area contributed by atoms with Gasteiger partial charge in [-0.15, -0.1) is 0 Å². The lowest BCUT2D eigenvalue weighted by Gasteiger charge is -2.08. The molecule has 26 heavy (non-hydrogen) atoms. The number of rotatable bonds is 6. The van der Waals surface area contributed by atoms with Crippen molar-refractivity contribution >= 4 is 44.9 Å². The Bertz CT molecular complexity index is 927. The molecule has 0 aliphatic rings. The quantitative estimate of drug-likeness (QED) is 0.732. The third kappa shape index (κ3) is 5.72. The van der Waals surface area contributed by atoms with Crippen LogP contribution in [0.15, 0.2) is 47.4 Å². The van der Waals surface area contributed by atoms with Crippen molar-refractivity contribution < 1.29 is 22.7 Å². The van der Waals surface area contributed by atoms with Gasteiger partial charge in [0.05, 0.1) is 10.5 Å². The standard InChI is InChI=1S/C17H15Cl2NO5S/c1-26(23,24)14-6-3-11(4-7-14)17(22)25-10-16(21)20-9-12-2-5-13(18)8-15(12)19/h2-8H,9-10H2,1H3,(H,20,21). The third-order valence-corrected chi connectivity index (χ3v) is 5.06. The fourth-order valence-corrected chi connectivity index (χ4v) is 3.07. The van der Waals surface area contributed by atoms with Crippen molar-refractivity contribution in [3.63, 3.8) is 0 Å². The Labute approximate surface area is 161 Å². The van der Waals surface area contributed by atoms with Gasteiger partial charge >= 0.3 is 5.97 Å². The molecule has 0 saturated carbocycles. The lowest BCUT2D eigenvalue weighted by Crippen LogP contribution is -2.28. The molecule has 2 aromatic carbocycles. The van der Waals surface area contributed by atoms with Crippen LogP contribution in [-0.4, -0.2) is 33.2 Å². The number of carbonyl (C=O) groups is 2. The van der Waals surface area contributed by atoms with E-state index in [1.165, 1.54) is 24.3 Å². The number of sulfone groups is 1. The molecule has 2 rings (SSSR count). The van der Waals surface area contributed by atoms with Crippen LogP contribution in [0, 0.1) is 0 Å². The van der Waals surface area contributed by atoms with Gasteiger partial charge in [-0.3, -0.25) is 4.79 Å². The van der Waals surface area contributed by atoms with E-state index in [9.17, 15) is 18.0 Å². The van der Waals surface area contributed by atoms with E-state index in [1.54, 1.807) is 18.2 Å². The van der Waals surface area contributed by atoms with Gasteiger partial charge in [0, 0.05) is 22.8 Å². The van der Waals surface area contributed by atoms with E-state index in [2.05, 4.69) is 5.32 Å². The van der Waals surface area contributed by atoms with E-state index in [0.29, 0.717) is 15.6 Å². The first-order valence-electron chi connectivity index (χ1n) is 7.34. The Hall–Kier alpha value is -2.09. The summed E-state index contributed by atoms with van der Waals surface area (Å²) in [6, 6.07) is 10.1. The molecule has 0 atom stereocenters. The highest BCUT2D eigenvalue weighted by molar-refractivity contribution is 7.90. The monoisotopic (exact) mass is 415 g/mol. The molecule has 9 heteroatoms. The van der Waals surface area contributed by atoms with Gasteiger partial charge in [-0.25, -0.2) is 13.2 Å². The van der Waals surface area contributed by atoms with Gasteiger partial charge < -0.3 is 10.1 Å². The van der Waals surface area contributed by atoms with Gasteiger partial charge in [-0.1, -0.05) is 29.3 Å². The normalized spacial score (nSPS) is 11.0. The Morgan fingerprint density at radius 3 is 2.31 bits per heavy atom. The Balaban J connectivity index is 1.85. The molecule has 0 heterocycles. The van der Waals surface area contributed by atoms with Crippen LogP contribution in [0.1, 0.15) is 15.9 Å². The Morgan fingerprint density at radius 2 is 1.73 bits per heavy atom. The van der Waals surface area contributed by atoms with E-state index in [-0.39, 0.29) is 17.0 Å². The lowest BCUT2D eigenvalue weighted by molar-refractivity contribution is -0.124. The highest BCUT2D eigenvalue weighted by atomic mass is 35.5. The molecule has 1 N–H and O–H groups in total. The molecule has 0 unspecified atom stereocenters. The Morgan fingerprint density at radius 1 is 1.08 bits per heavy atom. The van der Waals surface area contributed by atoms with Crippen molar-refractivity contribution in [1.29, 1.82) is 0 Å². The summed E-state index contributed by atoms with van der Waals surface area (Å²) in [7, 11) is -3.35. The van der Waals surface area contributed by atoms with Crippen LogP contribution < -0.4 is 5.32 Å². The molecule has 138 valence electrons. The van der Waals surface area contributed by atoms with Crippen LogP contribution in [-0.2, 0) is 25.9 Å². The molecule has 1 amide bonds. The molecule has 0 bridgehead atoms. The second-order valence-corrected chi connectivity index (χ2v) is 8.24. The first kappa shape index (κ1) is 20.2. The minimum Gasteiger partial charge on any atom is -0.452 e. The average Bonchev–Trinajstić information content (AvgIpc) is 2.58. The number of amides is 1. The minimum atomic E-state index is -3.35. The van der Waals surface area contributed by atoms with Crippen LogP contribution in [0.3, 0.4) is 0 Å². The third-order valence-electron chi connectivity index (χ3n) is 3.34. The second-order valence-electron chi connectivity index (χ2n) is 5.39. The summed E-state index contributed by atoms with van der Waals surface area (Å²) in [5.74, 6) is -1.23. The number of hydrogen-bond acceptors (Lipinski definition) is 5. The van der Waals surface area contributed by atoms with E-state index in [1.807, 2.05) is 0 Å². The summed E-state index contributed by atoms with van der Waals surface area (Å²) >= 11 is 11.8. The zero-order chi connectivity index (χ0) is 19.3. The van der Waals surface area contributed by atoms with Gasteiger partial charge in [0.15, 0.2) is 16.4 Å². The number of carbonyl (C=O) groups excluding carboxylic acids is 2. The summed E-state index contributed by atoms with van der Waals surface area (Å²) in [6.07, 6.45) is 1.07. The molecule has 2 aromatic rings. The first-order valence-corrected chi connectivity index (χ1v) is 9.99. The molecule has 0 radical (unpaired) electrons. The number of halogens is 2. The van der Waals surface area contributed by atoms with Gasteiger partial charge in [0.2, 0.25) is 0 Å². The summed E-state index contributed by atoms with van der Waals surface area (Å²) in [5.41, 5.74) is 0.818. The van der Waals surface area contributed by atoms with Crippen LogP contribution >= 0.6 is 23.2 Å². The van der Waals surface area contributed by atoms with E-state index in [4.69, 9.17) is 27.9 Å². The van der Waals surface area contributed by atoms with Crippen LogP contribution in [0.4, 0.5) is 0 Å². The van der Waals surface area contributed by atoms with Crippen LogP contribution in [0.2, 0.25) is 10.0 Å². The fraction of sp³-hybridized carbons (Fsp3) is 0.176. The minimum absolute atomic E-state index is 0.0895. The molecule has 0 saturated heterocycles. The molecular formula is C17H15Cl2NO5S. The predicted molar refractivity (Wildman–Crippen MR) is 98.1 cm³/mol. The summed E-state index contributed by atoms with van der Waals surface area (Å²) in [5, 5.41) is 3.48. The second kappa shape index (κ2) is 8.53. The maximum Gasteiger partial charge on any atom is 0.338 e. The molecule has 0 fully saturated rings. The van der Waals surface area contributed by atoms with E-state index >= 15 is 0 Å². The largest absolute Gasteiger partial charge is 0.452 e. The lowest BCUT2D eigenvalue weighted by atomic mass is 10.2. The number of esters is 1. The van der Waals surface area contributed by atoms with Crippen molar-refractivity contribution in [3.8, 4) is 0 Å². The van der Waals surface area contributed by atoms with Gasteiger partial charge in [-0.05, 0) is 42.0 Å². The topological polar surface area (TPSA) is 89.5 Å². The zero-order valence-electron chi connectivity index (χ0n) is 13.7. The average molecular weight is 416 g/mol. The Kier molecular flexibility index (Phi) is 6.63. The van der Waals surface area contributed by atoms with Gasteiger partial charge in [-0.2, -0.15) is 0 Å². The number of ether oxygens (including phenoxy) is 1. The number of hydrogen-bond donors (Lipinski definition) is 1. The molecule has 0 spiro atoms. The highest BCUT2D eigenvalue weighted by Gasteiger charge is 2.13. The molecule has 0 aliphatic heterocycles. The van der Waals surface area contributed by atoms with Crippen molar-refractivity contribution in [2.75, 3.05) is 12.9 Å². The van der Waals surface area contributed by atoms with Crippen LogP contribution in [0.25, 0.3) is 0 Å². The number of benzene rings is 2. The zero-order valence-corrected chi connectivity index (χ0v) is 16.0. The first-order chi connectivity index (χ1) is 12.2. The van der Waals surface area contributed by atoms with Gasteiger partial charge in [0.25, 0.3) is 5.91 Å². The van der Waals surface area contributed by atoms with Crippen molar-refractivity contribution in [3.05, 3.63) is 63.6 Å². The molecule has 6 nitrogen and oxygen atoms in total. The molecule has 0 aromatic heterocycles. The van der Waals surface area contributed by atoms with Gasteiger partial charge in [0.1, 0.15) is 0 Å². The maximum absolute atomic E-state index is 11.9. The van der Waals surface area contributed by atoms with Crippen molar-refractivity contribution in [1.82, 2.24) is 5.32 Å². The van der Waals surface area contributed by atoms with E-state index in [0.717, 1.165) is 6.26 Å². The highest BCUT2D eigenvalue weighted by Crippen LogP contribution is 2.20. The summed E-state index contributed by atoms with van der Waals surface area (Å²) in [4.78, 5) is 23.8. The number of nitrogens with one attached hydrogen (secondary N) is 1. The van der Waals surface area contributed by atoms with E-state index < -0.39 is 28.3 Å². The van der Waals surface area contributed by atoms with Crippen molar-refractivity contribution in [2.45, 2.75) is 11.4 Å². The van der Waals surface area contributed by atoms with Crippen molar-refractivity contribution in [2.24, 2.45) is 0 Å². The molecule has 0 aliphatic carbocycles. The SMILES string of the molecule is CS(=O)(=O)c1ccc(C(=O)OCC(=O)NCc2ccc(Cl)cc2Cl)cc1. The summed E-state index contributed by atoms with van der Waals surface area (Å²) < 4.78 is 27.6. The predicted octanol–water partition coefficient (Wildman–Crippen LogP) is 2.87. The fourth-order valence-electron chi connectivity index (χ4n) is 1.96. The smallest absolute Gasteiger partial charge is 0.338 e. The van der Waals surface area contributed by atoms with Crippen LogP contribution in [0.5, 0.6) is 0 Å². The molecular weight excluding hydrogens is 401 g/mol.